The molecule has 0 amide bonds. The fourth-order valence-electron chi connectivity index (χ4n) is 2.03. The van der Waals surface area contributed by atoms with E-state index in [-0.39, 0.29) is 17.6 Å². The normalized spacial score (nSPS) is 43.0. The maximum atomic E-state index is 10.0. The van der Waals surface area contributed by atoms with Crippen molar-refractivity contribution in [2.24, 2.45) is 5.41 Å². The van der Waals surface area contributed by atoms with Crippen molar-refractivity contribution in [3.63, 3.8) is 0 Å². The third kappa shape index (κ3) is 2.50. The largest absolute Gasteiger partial charge is 0.388 e. The van der Waals surface area contributed by atoms with Gasteiger partial charge in [0, 0.05) is 7.11 Å². The van der Waals surface area contributed by atoms with Gasteiger partial charge in [0.05, 0.1) is 12.2 Å². The van der Waals surface area contributed by atoms with E-state index in [4.69, 9.17) is 9.47 Å². The van der Waals surface area contributed by atoms with Crippen LogP contribution in [0.15, 0.2) is 0 Å². The van der Waals surface area contributed by atoms with Gasteiger partial charge in [-0.1, -0.05) is 20.8 Å². The Morgan fingerprint density at radius 3 is 2.07 bits per heavy atom. The third-order valence-corrected chi connectivity index (χ3v) is 2.95. The van der Waals surface area contributed by atoms with Gasteiger partial charge in [0.25, 0.3) is 0 Å². The molecule has 1 rings (SSSR count). The molecule has 0 aromatic rings. The van der Waals surface area contributed by atoms with Crippen LogP contribution in [-0.4, -0.2) is 47.8 Å². The average Bonchev–Trinajstić information content (AvgIpc) is 2.10. The molecule has 2 N–H and O–H groups in total. The Labute approximate surface area is 91.2 Å². The van der Waals surface area contributed by atoms with Gasteiger partial charge in [-0.25, -0.2) is 0 Å². The second kappa shape index (κ2) is 4.37. The zero-order chi connectivity index (χ0) is 11.8. The number of aliphatic hydroxyl groups is 2. The number of rotatable bonds is 1. The molecule has 4 heteroatoms. The summed E-state index contributed by atoms with van der Waals surface area (Å²) in [5, 5.41) is 19.8. The standard InChI is InChI=1S/C11H22O4/c1-6-7(12)9(14-5)8(13)10(15-6)11(2,3)4/h6-10,12-13H,1-5H3/t6-,7-,8+,9+,10?/m0/s1. The summed E-state index contributed by atoms with van der Waals surface area (Å²) in [5.74, 6) is 0. The molecular formula is C11H22O4. The minimum atomic E-state index is -0.791. The molecule has 0 aromatic carbocycles. The smallest absolute Gasteiger partial charge is 0.114 e. The summed E-state index contributed by atoms with van der Waals surface area (Å²) in [6.07, 6.45) is -2.77. The molecule has 0 bridgehead atoms. The van der Waals surface area contributed by atoms with Crippen molar-refractivity contribution >= 4 is 0 Å². The SMILES string of the molecule is CO[C@@H]1[C@@H](O)[C@H](C)OC(C(C)(C)C)[C@@H]1O. The van der Waals surface area contributed by atoms with Crippen molar-refractivity contribution in [2.75, 3.05) is 7.11 Å². The van der Waals surface area contributed by atoms with Gasteiger partial charge in [0.2, 0.25) is 0 Å². The van der Waals surface area contributed by atoms with Gasteiger partial charge >= 0.3 is 0 Å². The van der Waals surface area contributed by atoms with Crippen LogP contribution in [-0.2, 0) is 9.47 Å². The molecule has 1 fully saturated rings. The molecule has 5 atom stereocenters. The Bertz CT molecular complexity index is 211. The Hall–Kier alpha value is -0.160. The van der Waals surface area contributed by atoms with Gasteiger partial charge in [0.1, 0.15) is 18.3 Å². The first-order valence-electron chi connectivity index (χ1n) is 5.33. The molecule has 0 spiro atoms. The Balaban J connectivity index is 2.85. The summed E-state index contributed by atoms with van der Waals surface area (Å²) >= 11 is 0. The van der Waals surface area contributed by atoms with Crippen LogP contribution >= 0.6 is 0 Å². The Kier molecular flexibility index (Phi) is 3.76. The molecule has 1 aliphatic rings. The minimum Gasteiger partial charge on any atom is -0.388 e. The molecule has 1 saturated heterocycles. The lowest BCUT2D eigenvalue weighted by Gasteiger charge is -2.46. The van der Waals surface area contributed by atoms with Gasteiger partial charge < -0.3 is 19.7 Å². The van der Waals surface area contributed by atoms with Crippen LogP contribution in [0.3, 0.4) is 0 Å². The van der Waals surface area contributed by atoms with Crippen LogP contribution in [0.25, 0.3) is 0 Å². The highest BCUT2D eigenvalue weighted by Gasteiger charge is 2.47. The average molecular weight is 218 g/mol. The third-order valence-electron chi connectivity index (χ3n) is 2.95. The van der Waals surface area contributed by atoms with E-state index in [1.165, 1.54) is 7.11 Å². The molecular weight excluding hydrogens is 196 g/mol. The van der Waals surface area contributed by atoms with Crippen LogP contribution in [0, 0.1) is 5.41 Å². The quantitative estimate of drug-likeness (QED) is 0.675. The molecule has 4 nitrogen and oxygen atoms in total. The lowest BCUT2D eigenvalue weighted by molar-refractivity contribution is -0.245. The van der Waals surface area contributed by atoms with Crippen LogP contribution in [0.2, 0.25) is 0 Å². The summed E-state index contributed by atoms with van der Waals surface area (Å²) in [6.45, 7) is 7.79. The second-order valence-corrected chi connectivity index (χ2v) is 5.31. The summed E-state index contributed by atoms with van der Waals surface area (Å²) in [4.78, 5) is 0. The fourth-order valence-corrected chi connectivity index (χ4v) is 2.03. The van der Waals surface area contributed by atoms with Crippen molar-refractivity contribution in [3.8, 4) is 0 Å². The minimum absolute atomic E-state index is 0.176. The van der Waals surface area contributed by atoms with Gasteiger partial charge in [-0.15, -0.1) is 0 Å². The number of aliphatic hydroxyl groups excluding tert-OH is 2. The number of hydrogen-bond acceptors (Lipinski definition) is 4. The fraction of sp³-hybridized carbons (Fsp3) is 1.00. The van der Waals surface area contributed by atoms with Gasteiger partial charge in [-0.05, 0) is 12.3 Å². The van der Waals surface area contributed by atoms with Crippen LogP contribution in [0.1, 0.15) is 27.7 Å². The summed E-state index contributed by atoms with van der Waals surface area (Å²) in [5.41, 5.74) is -0.176. The van der Waals surface area contributed by atoms with Gasteiger partial charge in [-0.3, -0.25) is 0 Å². The molecule has 0 aromatic heterocycles. The predicted molar refractivity (Wildman–Crippen MR) is 56.6 cm³/mol. The topological polar surface area (TPSA) is 58.9 Å². The van der Waals surface area contributed by atoms with Crippen molar-refractivity contribution in [1.29, 1.82) is 0 Å². The number of ether oxygens (including phenoxy) is 2. The lowest BCUT2D eigenvalue weighted by atomic mass is 9.80. The summed E-state index contributed by atoms with van der Waals surface area (Å²) < 4.78 is 10.8. The summed E-state index contributed by atoms with van der Waals surface area (Å²) in [7, 11) is 1.49. The second-order valence-electron chi connectivity index (χ2n) is 5.31. The molecule has 15 heavy (non-hydrogen) atoms. The van der Waals surface area contributed by atoms with E-state index in [1.54, 1.807) is 6.92 Å². The van der Waals surface area contributed by atoms with Gasteiger partial charge in [-0.2, -0.15) is 0 Å². The highest BCUT2D eigenvalue weighted by Crippen LogP contribution is 2.33. The predicted octanol–water partition coefficient (Wildman–Crippen LogP) is 0.557. The van der Waals surface area contributed by atoms with Crippen LogP contribution in [0.4, 0.5) is 0 Å². The summed E-state index contributed by atoms with van der Waals surface area (Å²) in [6, 6.07) is 0. The van der Waals surface area contributed by atoms with Crippen LogP contribution in [0.5, 0.6) is 0 Å². The number of hydrogen-bond donors (Lipinski definition) is 2. The van der Waals surface area contributed by atoms with Crippen LogP contribution < -0.4 is 0 Å². The van der Waals surface area contributed by atoms with E-state index in [9.17, 15) is 10.2 Å². The molecule has 0 saturated carbocycles. The molecule has 0 radical (unpaired) electrons. The maximum absolute atomic E-state index is 10.0. The first kappa shape index (κ1) is 12.9. The van der Waals surface area contributed by atoms with E-state index < -0.39 is 18.3 Å². The van der Waals surface area contributed by atoms with Crippen molar-refractivity contribution in [2.45, 2.75) is 58.2 Å². The zero-order valence-electron chi connectivity index (χ0n) is 10.1. The van der Waals surface area contributed by atoms with E-state index in [0.29, 0.717) is 0 Å². The Morgan fingerprint density at radius 1 is 1.13 bits per heavy atom. The molecule has 1 heterocycles. The number of methoxy groups -OCH3 is 1. The van der Waals surface area contributed by atoms with E-state index in [0.717, 1.165) is 0 Å². The first-order chi connectivity index (χ1) is 6.79. The lowest BCUT2D eigenvalue weighted by Crippen LogP contribution is -2.60. The molecule has 1 unspecified atom stereocenters. The van der Waals surface area contributed by atoms with E-state index >= 15 is 0 Å². The Morgan fingerprint density at radius 2 is 1.67 bits per heavy atom. The highest BCUT2D eigenvalue weighted by molar-refractivity contribution is 4.95. The van der Waals surface area contributed by atoms with Gasteiger partial charge in [0.15, 0.2) is 0 Å². The van der Waals surface area contributed by atoms with Crippen molar-refractivity contribution in [3.05, 3.63) is 0 Å². The first-order valence-corrected chi connectivity index (χ1v) is 5.33. The zero-order valence-corrected chi connectivity index (χ0v) is 10.1. The maximum Gasteiger partial charge on any atom is 0.114 e. The van der Waals surface area contributed by atoms with E-state index in [1.807, 2.05) is 20.8 Å². The molecule has 1 aliphatic heterocycles. The van der Waals surface area contributed by atoms with E-state index in [2.05, 4.69) is 0 Å². The molecule has 90 valence electrons. The molecule has 0 aliphatic carbocycles. The van der Waals surface area contributed by atoms with Crippen molar-refractivity contribution < 1.29 is 19.7 Å². The monoisotopic (exact) mass is 218 g/mol. The highest BCUT2D eigenvalue weighted by atomic mass is 16.6. The van der Waals surface area contributed by atoms with Crippen molar-refractivity contribution in [1.82, 2.24) is 0 Å².